The van der Waals surface area contributed by atoms with E-state index in [-0.39, 0.29) is 12.4 Å². The van der Waals surface area contributed by atoms with Crippen LogP contribution in [0.15, 0.2) is 0 Å². The molecule has 0 amide bonds. The van der Waals surface area contributed by atoms with Crippen molar-refractivity contribution in [1.29, 1.82) is 0 Å². The lowest BCUT2D eigenvalue weighted by Gasteiger charge is -2.34. The number of hydrogen-bond donors (Lipinski definition) is 1. The van der Waals surface area contributed by atoms with Gasteiger partial charge in [-0.3, -0.25) is 0 Å². The van der Waals surface area contributed by atoms with Crippen LogP contribution in [0, 0.1) is 17.3 Å². The van der Waals surface area contributed by atoms with Gasteiger partial charge in [-0.25, -0.2) is 0 Å². The van der Waals surface area contributed by atoms with Crippen LogP contribution in [-0.2, 0) is 0 Å². The third kappa shape index (κ3) is 1.27. The van der Waals surface area contributed by atoms with Gasteiger partial charge >= 0.3 is 0 Å². The maximum atomic E-state index is 2.48. The molecule has 2 aliphatic carbocycles. The highest BCUT2D eigenvalue weighted by atomic mass is 35.5. The maximum Gasteiger partial charge on any atom is 0.0867 e. The molecule has 1 aliphatic heterocycles. The van der Waals surface area contributed by atoms with E-state index in [1.54, 1.807) is 32.1 Å². The molecule has 70 valence electrons. The Morgan fingerprint density at radius 3 is 2.17 bits per heavy atom. The van der Waals surface area contributed by atoms with Gasteiger partial charge < -0.3 is 17.7 Å². The Morgan fingerprint density at radius 1 is 1.00 bits per heavy atom. The van der Waals surface area contributed by atoms with Crippen molar-refractivity contribution in [1.82, 2.24) is 0 Å². The summed E-state index contributed by atoms with van der Waals surface area (Å²) >= 11 is 0. The minimum atomic E-state index is 0. The van der Waals surface area contributed by atoms with Gasteiger partial charge in [0.05, 0.1) is 18.5 Å². The lowest BCUT2D eigenvalue weighted by atomic mass is 9.79. The SMILES string of the molecule is C1CC1C1CCC2(C[NH2+]C2)C1.[Cl-]. The quantitative estimate of drug-likeness (QED) is 0.479. The van der Waals surface area contributed by atoms with Crippen molar-refractivity contribution in [2.24, 2.45) is 17.3 Å². The largest absolute Gasteiger partial charge is 1.00 e. The average Bonchev–Trinajstić information content (AvgIpc) is 2.67. The van der Waals surface area contributed by atoms with Crippen molar-refractivity contribution in [2.75, 3.05) is 13.1 Å². The number of rotatable bonds is 1. The summed E-state index contributed by atoms with van der Waals surface area (Å²) < 4.78 is 0. The van der Waals surface area contributed by atoms with Crippen LogP contribution in [0.25, 0.3) is 0 Å². The van der Waals surface area contributed by atoms with Gasteiger partial charge in [-0.05, 0) is 43.9 Å². The van der Waals surface area contributed by atoms with Gasteiger partial charge in [-0.2, -0.15) is 0 Å². The Balaban J connectivity index is 0.000000563. The molecule has 0 aromatic heterocycles. The van der Waals surface area contributed by atoms with Gasteiger partial charge in [0.1, 0.15) is 0 Å². The lowest BCUT2D eigenvalue weighted by Crippen LogP contribution is -3.00. The zero-order valence-corrected chi connectivity index (χ0v) is 8.32. The predicted octanol–water partition coefficient (Wildman–Crippen LogP) is -2.24. The van der Waals surface area contributed by atoms with E-state index in [0.717, 1.165) is 11.3 Å². The summed E-state index contributed by atoms with van der Waals surface area (Å²) in [6.45, 7) is 2.91. The highest BCUT2D eigenvalue weighted by Crippen LogP contribution is 2.51. The van der Waals surface area contributed by atoms with E-state index in [2.05, 4.69) is 5.32 Å². The smallest absolute Gasteiger partial charge is 0.0867 e. The van der Waals surface area contributed by atoms with E-state index in [1.807, 2.05) is 0 Å². The molecule has 1 saturated heterocycles. The first kappa shape index (κ1) is 8.83. The highest BCUT2D eigenvalue weighted by molar-refractivity contribution is 4.96. The topological polar surface area (TPSA) is 16.6 Å². The molecule has 0 radical (unpaired) electrons. The Labute approximate surface area is 80.7 Å². The van der Waals surface area contributed by atoms with Crippen molar-refractivity contribution in [3.05, 3.63) is 0 Å². The van der Waals surface area contributed by atoms with E-state index >= 15 is 0 Å². The van der Waals surface area contributed by atoms with E-state index < -0.39 is 0 Å². The summed E-state index contributed by atoms with van der Waals surface area (Å²) in [6, 6.07) is 0. The third-order valence-corrected chi connectivity index (χ3v) is 4.18. The summed E-state index contributed by atoms with van der Waals surface area (Å²) in [5.41, 5.74) is 0.854. The van der Waals surface area contributed by atoms with E-state index in [0.29, 0.717) is 0 Å². The average molecular weight is 188 g/mol. The van der Waals surface area contributed by atoms with Crippen LogP contribution >= 0.6 is 0 Å². The second-order valence-corrected chi connectivity index (χ2v) is 5.04. The maximum absolute atomic E-state index is 2.48. The van der Waals surface area contributed by atoms with Crippen molar-refractivity contribution in [3.63, 3.8) is 0 Å². The zero-order valence-electron chi connectivity index (χ0n) is 7.56. The zero-order chi connectivity index (χ0) is 7.31. The highest BCUT2D eigenvalue weighted by Gasteiger charge is 2.50. The monoisotopic (exact) mass is 187 g/mol. The molecular formula is C10H18ClN. The second kappa shape index (κ2) is 2.88. The summed E-state index contributed by atoms with van der Waals surface area (Å²) in [5, 5.41) is 2.48. The van der Waals surface area contributed by atoms with Gasteiger partial charge in [0, 0.05) is 0 Å². The Kier molecular flexibility index (Phi) is 2.12. The molecular weight excluding hydrogens is 170 g/mol. The Bertz CT molecular complexity index is 173. The van der Waals surface area contributed by atoms with Crippen molar-refractivity contribution in [2.45, 2.75) is 32.1 Å². The van der Waals surface area contributed by atoms with Crippen LogP contribution in [0.4, 0.5) is 0 Å². The molecule has 2 heteroatoms. The molecule has 3 aliphatic rings. The van der Waals surface area contributed by atoms with Gasteiger partial charge in [0.15, 0.2) is 0 Å². The normalized spacial score (nSPS) is 37.5. The molecule has 3 rings (SSSR count). The molecule has 12 heavy (non-hydrogen) atoms. The fraction of sp³-hybridized carbons (Fsp3) is 1.00. The number of hydrogen-bond acceptors (Lipinski definition) is 0. The van der Waals surface area contributed by atoms with Crippen LogP contribution in [0.3, 0.4) is 0 Å². The van der Waals surface area contributed by atoms with E-state index in [9.17, 15) is 0 Å². The molecule has 2 N–H and O–H groups in total. The first-order valence-corrected chi connectivity index (χ1v) is 5.20. The molecule has 1 heterocycles. The first-order chi connectivity index (χ1) is 5.38. The van der Waals surface area contributed by atoms with Crippen molar-refractivity contribution < 1.29 is 17.7 Å². The molecule has 1 unspecified atom stereocenters. The summed E-state index contributed by atoms with van der Waals surface area (Å²) in [6.07, 6.45) is 7.84. The van der Waals surface area contributed by atoms with Crippen LogP contribution in [-0.4, -0.2) is 13.1 Å². The van der Waals surface area contributed by atoms with Crippen molar-refractivity contribution >= 4 is 0 Å². The molecule has 1 spiro atoms. The third-order valence-electron chi connectivity index (χ3n) is 4.18. The molecule has 1 nitrogen and oxygen atoms in total. The molecule has 0 bridgehead atoms. The minimum absolute atomic E-state index is 0. The van der Waals surface area contributed by atoms with Crippen molar-refractivity contribution in [3.8, 4) is 0 Å². The molecule has 1 atom stereocenters. The number of halogens is 1. The van der Waals surface area contributed by atoms with Crippen LogP contribution in [0.1, 0.15) is 32.1 Å². The predicted molar refractivity (Wildman–Crippen MR) is 44.2 cm³/mol. The molecule has 0 aromatic carbocycles. The van der Waals surface area contributed by atoms with Gasteiger partial charge in [0.2, 0.25) is 0 Å². The Morgan fingerprint density at radius 2 is 1.75 bits per heavy atom. The summed E-state index contributed by atoms with van der Waals surface area (Å²) in [5.74, 6) is 2.33. The summed E-state index contributed by atoms with van der Waals surface area (Å²) in [7, 11) is 0. The lowest BCUT2D eigenvalue weighted by molar-refractivity contribution is -0.741. The molecule has 2 saturated carbocycles. The van der Waals surface area contributed by atoms with Gasteiger partial charge in [-0.1, -0.05) is 0 Å². The van der Waals surface area contributed by atoms with Crippen LogP contribution in [0.2, 0.25) is 0 Å². The Hall–Kier alpha value is 0.250. The minimum Gasteiger partial charge on any atom is -1.00 e. The first-order valence-electron chi connectivity index (χ1n) is 5.20. The van der Waals surface area contributed by atoms with E-state index in [4.69, 9.17) is 0 Å². The number of quaternary nitrogens is 1. The van der Waals surface area contributed by atoms with E-state index in [1.165, 1.54) is 19.0 Å². The van der Waals surface area contributed by atoms with Gasteiger partial charge in [-0.15, -0.1) is 0 Å². The fourth-order valence-electron chi connectivity index (χ4n) is 3.15. The fourth-order valence-corrected chi connectivity index (χ4v) is 3.15. The van der Waals surface area contributed by atoms with Crippen LogP contribution < -0.4 is 17.7 Å². The summed E-state index contributed by atoms with van der Waals surface area (Å²) in [4.78, 5) is 0. The molecule has 0 aromatic rings. The number of nitrogens with two attached hydrogens (primary N) is 1. The van der Waals surface area contributed by atoms with Gasteiger partial charge in [0.25, 0.3) is 0 Å². The molecule has 3 fully saturated rings. The standard InChI is InChI=1S/C10H17N.ClH/c1-2-8(1)9-3-4-10(5-9)6-11-7-10;/h8-9,11H,1-7H2;1H. The van der Waals surface area contributed by atoms with Crippen LogP contribution in [0.5, 0.6) is 0 Å². The second-order valence-electron chi connectivity index (χ2n) is 5.04.